The monoisotopic (exact) mass is 482 g/mol. The number of carbonyl (C=O) groups is 2. The Hall–Kier alpha value is -3.16. The Balaban J connectivity index is 1.60. The van der Waals surface area contributed by atoms with Crippen molar-refractivity contribution in [1.82, 2.24) is 0 Å². The molecular weight excluding hydrogens is 460 g/mol. The van der Waals surface area contributed by atoms with E-state index in [4.69, 9.17) is 9.47 Å². The van der Waals surface area contributed by atoms with Gasteiger partial charge >= 0.3 is 0 Å². The third kappa shape index (κ3) is 6.94. The van der Waals surface area contributed by atoms with Crippen LogP contribution < -0.4 is 15.4 Å². The highest BCUT2D eigenvalue weighted by Gasteiger charge is 2.11. The largest absolute Gasteiger partial charge is 0.490 e. The van der Waals surface area contributed by atoms with Gasteiger partial charge in [-0.05, 0) is 57.9 Å². The summed E-state index contributed by atoms with van der Waals surface area (Å²) in [4.78, 5) is 24.9. The molecule has 2 N–H and O–H groups in total. The average Bonchev–Trinajstić information content (AvgIpc) is 2.76. The van der Waals surface area contributed by atoms with Gasteiger partial charge < -0.3 is 20.1 Å². The van der Waals surface area contributed by atoms with Crippen LogP contribution in [0, 0.1) is 0 Å². The molecule has 0 aliphatic rings. The fraction of sp³-hybridized carbons (Fsp3) is 0.167. The Morgan fingerprint density at radius 1 is 0.871 bits per heavy atom. The lowest BCUT2D eigenvalue weighted by atomic mass is 10.1. The Labute approximate surface area is 189 Å². The van der Waals surface area contributed by atoms with Crippen molar-refractivity contribution in [1.29, 1.82) is 0 Å². The lowest BCUT2D eigenvalue weighted by Gasteiger charge is -2.11. The first-order chi connectivity index (χ1) is 15.0. The molecule has 0 saturated heterocycles. The number of hydrogen-bond donors (Lipinski definition) is 2. The molecule has 0 atom stereocenters. The molecule has 0 aromatic heterocycles. The number of benzene rings is 3. The third-order valence-electron chi connectivity index (χ3n) is 4.35. The highest BCUT2D eigenvalue weighted by atomic mass is 79.9. The van der Waals surface area contributed by atoms with Crippen molar-refractivity contribution in [2.45, 2.75) is 6.42 Å². The van der Waals surface area contributed by atoms with Gasteiger partial charge in [-0.1, -0.05) is 36.4 Å². The van der Waals surface area contributed by atoms with Crippen LogP contribution in [0.4, 0.5) is 11.4 Å². The predicted octanol–water partition coefficient (Wildman–Crippen LogP) is 4.91. The van der Waals surface area contributed by atoms with Crippen molar-refractivity contribution in [3.63, 3.8) is 0 Å². The van der Waals surface area contributed by atoms with Crippen molar-refractivity contribution >= 4 is 39.1 Å². The molecule has 0 unspecified atom stereocenters. The third-order valence-corrected chi connectivity index (χ3v) is 4.97. The summed E-state index contributed by atoms with van der Waals surface area (Å²) >= 11 is 3.43. The fourth-order valence-electron chi connectivity index (χ4n) is 2.86. The lowest BCUT2D eigenvalue weighted by molar-refractivity contribution is -0.115. The zero-order valence-corrected chi connectivity index (χ0v) is 18.6. The van der Waals surface area contributed by atoms with Crippen molar-refractivity contribution in [3.8, 4) is 5.75 Å². The molecule has 3 aromatic rings. The summed E-state index contributed by atoms with van der Waals surface area (Å²) in [6, 6.07) is 21.7. The molecule has 3 rings (SSSR count). The maximum atomic E-state index is 12.6. The quantitative estimate of drug-likeness (QED) is 0.425. The number of hydrogen-bond acceptors (Lipinski definition) is 4. The van der Waals surface area contributed by atoms with Gasteiger partial charge in [-0.25, -0.2) is 0 Å². The molecule has 0 heterocycles. The summed E-state index contributed by atoms with van der Waals surface area (Å²) in [6.45, 7) is 0.899. The fourth-order valence-corrected chi connectivity index (χ4v) is 3.35. The number of nitrogens with one attached hydrogen (secondary N) is 2. The smallest absolute Gasteiger partial charge is 0.255 e. The predicted molar refractivity (Wildman–Crippen MR) is 125 cm³/mol. The number of anilines is 2. The molecule has 0 fully saturated rings. The standard InChI is InChI=1S/C24H23BrN2O4/c1-30-12-13-31-22-11-10-18(15-21(22)25)24(29)27-20-9-5-8-19(16-20)26-23(28)14-17-6-3-2-4-7-17/h2-11,15-16H,12-14H2,1H3,(H,26,28)(H,27,29). The van der Waals surface area contributed by atoms with Crippen molar-refractivity contribution in [2.75, 3.05) is 31.0 Å². The van der Waals surface area contributed by atoms with E-state index in [0.29, 0.717) is 40.4 Å². The number of methoxy groups -OCH3 is 1. The van der Waals surface area contributed by atoms with Gasteiger partial charge in [-0.15, -0.1) is 0 Å². The highest BCUT2D eigenvalue weighted by Crippen LogP contribution is 2.26. The maximum absolute atomic E-state index is 12.6. The molecule has 0 spiro atoms. The first kappa shape index (κ1) is 22.5. The maximum Gasteiger partial charge on any atom is 0.255 e. The number of amides is 2. The van der Waals surface area contributed by atoms with Crippen LogP contribution in [0.2, 0.25) is 0 Å². The summed E-state index contributed by atoms with van der Waals surface area (Å²) < 4.78 is 11.2. The molecule has 160 valence electrons. The average molecular weight is 483 g/mol. The molecule has 31 heavy (non-hydrogen) atoms. The van der Waals surface area contributed by atoms with Crippen molar-refractivity contribution in [2.24, 2.45) is 0 Å². The molecule has 0 saturated carbocycles. The zero-order valence-electron chi connectivity index (χ0n) is 17.1. The van der Waals surface area contributed by atoms with Crippen molar-refractivity contribution < 1.29 is 19.1 Å². The van der Waals surface area contributed by atoms with Gasteiger partial charge in [0.15, 0.2) is 0 Å². The van der Waals surface area contributed by atoms with E-state index in [9.17, 15) is 9.59 Å². The second-order valence-electron chi connectivity index (χ2n) is 6.73. The summed E-state index contributed by atoms with van der Waals surface area (Å²) in [7, 11) is 1.61. The van der Waals surface area contributed by atoms with Gasteiger partial charge in [0.2, 0.25) is 5.91 Å². The van der Waals surface area contributed by atoms with Crippen LogP contribution in [0.3, 0.4) is 0 Å². The van der Waals surface area contributed by atoms with Crippen LogP contribution in [-0.4, -0.2) is 32.1 Å². The van der Waals surface area contributed by atoms with E-state index in [1.807, 2.05) is 30.3 Å². The number of halogens is 1. The Bertz CT molecular complexity index is 1040. The molecular formula is C24H23BrN2O4. The minimum absolute atomic E-state index is 0.123. The van der Waals surface area contributed by atoms with Crippen LogP contribution in [-0.2, 0) is 16.0 Å². The van der Waals surface area contributed by atoms with Crippen LogP contribution in [0.15, 0.2) is 77.3 Å². The first-order valence-corrected chi connectivity index (χ1v) is 10.5. The molecule has 7 heteroatoms. The van der Waals surface area contributed by atoms with E-state index in [2.05, 4.69) is 26.6 Å². The zero-order chi connectivity index (χ0) is 22.1. The van der Waals surface area contributed by atoms with Gasteiger partial charge in [0.05, 0.1) is 17.5 Å². The Morgan fingerprint density at radius 2 is 1.61 bits per heavy atom. The summed E-state index contributed by atoms with van der Waals surface area (Å²) in [6.07, 6.45) is 0.282. The number of ether oxygens (including phenoxy) is 2. The second kappa shape index (κ2) is 11.3. The molecule has 0 aliphatic heterocycles. The minimum Gasteiger partial charge on any atom is -0.490 e. The van der Waals surface area contributed by atoms with E-state index < -0.39 is 0 Å². The van der Waals surface area contributed by atoms with Crippen LogP contribution in [0.1, 0.15) is 15.9 Å². The number of carbonyl (C=O) groups excluding carboxylic acids is 2. The van der Waals surface area contributed by atoms with Gasteiger partial charge in [0.1, 0.15) is 12.4 Å². The van der Waals surface area contributed by atoms with Crippen LogP contribution in [0.25, 0.3) is 0 Å². The highest BCUT2D eigenvalue weighted by molar-refractivity contribution is 9.10. The topological polar surface area (TPSA) is 76.7 Å². The molecule has 3 aromatic carbocycles. The van der Waals surface area contributed by atoms with Gasteiger partial charge in [0.25, 0.3) is 5.91 Å². The summed E-state index contributed by atoms with van der Waals surface area (Å²) in [5, 5.41) is 5.71. The minimum atomic E-state index is -0.267. The van der Waals surface area contributed by atoms with Gasteiger partial charge in [-0.3, -0.25) is 9.59 Å². The van der Waals surface area contributed by atoms with E-state index in [0.717, 1.165) is 5.56 Å². The van der Waals surface area contributed by atoms with Crippen LogP contribution in [0.5, 0.6) is 5.75 Å². The Kier molecular flexibility index (Phi) is 8.20. The summed E-state index contributed by atoms with van der Waals surface area (Å²) in [5.74, 6) is 0.247. The van der Waals surface area contributed by atoms with E-state index in [-0.39, 0.29) is 18.2 Å². The molecule has 0 aliphatic carbocycles. The van der Waals surface area contributed by atoms with Crippen LogP contribution >= 0.6 is 15.9 Å². The number of rotatable bonds is 9. The molecule has 0 radical (unpaired) electrons. The molecule has 6 nitrogen and oxygen atoms in total. The van der Waals surface area contributed by atoms with Gasteiger partial charge in [-0.2, -0.15) is 0 Å². The van der Waals surface area contributed by atoms with Crippen molar-refractivity contribution in [3.05, 3.63) is 88.4 Å². The summed E-state index contributed by atoms with van der Waals surface area (Å²) in [5.41, 5.74) is 2.61. The Morgan fingerprint density at radius 3 is 2.32 bits per heavy atom. The second-order valence-corrected chi connectivity index (χ2v) is 7.59. The molecule has 0 bridgehead atoms. The van der Waals surface area contributed by atoms with E-state index in [1.54, 1.807) is 49.6 Å². The molecule has 2 amide bonds. The lowest BCUT2D eigenvalue weighted by Crippen LogP contribution is -2.15. The van der Waals surface area contributed by atoms with E-state index in [1.165, 1.54) is 0 Å². The van der Waals surface area contributed by atoms with Gasteiger partial charge in [0, 0.05) is 24.0 Å². The first-order valence-electron chi connectivity index (χ1n) is 9.71. The normalized spacial score (nSPS) is 10.4. The SMILES string of the molecule is COCCOc1ccc(C(=O)Nc2cccc(NC(=O)Cc3ccccc3)c2)cc1Br. The van der Waals surface area contributed by atoms with E-state index >= 15 is 0 Å².